The highest BCUT2D eigenvalue weighted by Crippen LogP contribution is 2.52. The summed E-state index contributed by atoms with van der Waals surface area (Å²) in [5.41, 5.74) is 1.59. The zero-order chi connectivity index (χ0) is 17.4. The van der Waals surface area contributed by atoms with Gasteiger partial charge in [-0.3, -0.25) is 0 Å². The standard InChI is InChI=1S/C21H27NO3/c1-20(2)21(3,4)25-19(24-20)12-6-5-7-13(10-12)22-15-11-14-16-8-9-17(23-16)18(14)15/h5-10,14-19,22H,11H2,1-4H3/t14-,15?,16-,17+,18+/m0/s1. The van der Waals surface area contributed by atoms with E-state index in [1.54, 1.807) is 0 Å². The number of fused-ring (bicyclic) bond motifs is 5. The highest BCUT2D eigenvalue weighted by molar-refractivity contribution is 5.48. The summed E-state index contributed by atoms with van der Waals surface area (Å²) in [5, 5.41) is 3.71. The van der Waals surface area contributed by atoms with E-state index in [1.807, 2.05) is 0 Å². The van der Waals surface area contributed by atoms with Gasteiger partial charge in [0.15, 0.2) is 6.29 Å². The molecule has 3 fully saturated rings. The van der Waals surface area contributed by atoms with Gasteiger partial charge in [0, 0.05) is 23.2 Å². The molecule has 0 aromatic heterocycles. The summed E-state index contributed by atoms with van der Waals surface area (Å²) in [4.78, 5) is 0. The quantitative estimate of drug-likeness (QED) is 0.842. The third-order valence-electron chi connectivity index (χ3n) is 6.86. The van der Waals surface area contributed by atoms with Crippen LogP contribution in [0.4, 0.5) is 5.69 Å². The zero-order valence-corrected chi connectivity index (χ0v) is 15.4. The smallest absolute Gasteiger partial charge is 0.185 e. The lowest BCUT2D eigenvalue weighted by molar-refractivity contribution is -0.0895. The van der Waals surface area contributed by atoms with E-state index in [2.05, 4.69) is 69.4 Å². The molecule has 5 atom stereocenters. The second-order valence-electron chi connectivity index (χ2n) is 8.89. The summed E-state index contributed by atoms with van der Waals surface area (Å²) < 4.78 is 18.3. The van der Waals surface area contributed by atoms with E-state index in [1.165, 1.54) is 6.42 Å². The van der Waals surface area contributed by atoms with Gasteiger partial charge in [-0.2, -0.15) is 0 Å². The molecule has 4 nitrogen and oxygen atoms in total. The number of ether oxygens (including phenoxy) is 3. The minimum atomic E-state index is -0.311. The Bertz CT molecular complexity index is 710. The minimum absolute atomic E-state index is 0.310. The van der Waals surface area contributed by atoms with Gasteiger partial charge >= 0.3 is 0 Å². The molecule has 0 radical (unpaired) electrons. The molecule has 1 unspecified atom stereocenters. The van der Waals surface area contributed by atoms with Crippen LogP contribution in [0.25, 0.3) is 0 Å². The SMILES string of the molecule is CC1(C)OC(c2cccc(NC3C[C@@H]4[C@H]3[C@H]3C=C[C@@H]4O3)c2)OC1(C)C. The van der Waals surface area contributed by atoms with Gasteiger partial charge in [-0.1, -0.05) is 24.3 Å². The number of hydrogen-bond donors (Lipinski definition) is 1. The number of benzene rings is 1. The molecular weight excluding hydrogens is 314 g/mol. The van der Waals surface area contributed by atoms with E-state index in [0.717, 1.165) is 11.3 Å². The van der Waals surface area contributed by atoms with Crippen molar-refractivity contribution in [3.8, 4) is 0 Å². The van der Waals surface area contributed by atoms with Crippen LogP contribution in [0.1, 0.15) is 46.0 Å². The van der Waals surface area contributed by atoms with Crippen molar-refractivity contribution in [3.05, 3.63) is 42.0 Å². The number of nitrogens with one attached hydrogen (secondary N) is 1. The van der Waals surface area contributed by atoms with Crippen molar-refractivity contribution in [2.24, 2.45) is 11.8 Å². The van der Waals surface area contributed by atoms with E-state index in [0.29, 0.717) is 30.1 Å². The van der Waals surface area contributed by atoms with Crippen molar-refractivity contribution in [1.82, 2.24) is 0 Å². The summed E-state index contributed by atoms with van der Waals surface area (Å²) in [6, 6.07) is 8.96. The number of hydrogen-bond acceptors (Lipinski definition) is 4. The van der Waals surface area contributed by atoms with Gasteiger partial charge in [0.1, 0.15) is 0 Å². The Hall–Kier alpha value is -1.36. The van der Waals surface area contributed by atoms with Gasteiger partial charge in [0.2, 0.25) is 0 Å². The van der Waals surface area contributed by atoms with Crippen LogP contribution in [-0.2, 0) is 14.2 Å². The van der Waals surface area contributed by atoms with E-state index >= 15 is 0 Å². The second-order valence-corrected chi connectivity index (χ2v) is 8.89. The van der Waals surface area contributed by atoms with Crippen molar-refractivity contribution >= 4 is 5.69 Å². The first-order valence-corrected chi connectivity index (χ1v) is 9.40. The Labute approximate surface area is 149 Å². The molecule has 3 aliphatic heterocycles. The van der Waals surface area contributed by atoms with Crippen LogP contribution in [-0.4, -0.2) is 29.5 Å². The van der Waals surface area contributed by atoms with Crippen LogP contribution in [0.5, 0.6) is 0 Å². The maximum absolute atomic E-state index is 6.18. The summed E-state index contributed by atoms with van der Waals surface area (Å²) >= 11 is 0. The highest BCUT2D eigenvalue weighted by atomic mass is 16.7. The van der Waals surface area contributed by atoms with Crippen LogP contribution in [0.2, 0.25) is 0 Å². The molecule has 1 N–H and O–H groups in total. The first kappa shape index (κ1) is 15.9. The topological polar surface area (TPSA) is 39.7 Å². The van der Waals surface area contributed by atoms with Crippen LogP contribution < -0.4 is 5.32 Å². The van der Waals surface area contributed by atoms with Crippen LogP contribution in [0, 0.1) is 11.8 Å². The minimum Gasteiger partial charge on any atom is -0.382 e. The van der Waals surface area contributed by atoms with Gasteiger partial charge in [-0.25, -0.2) is 0 Å². The van der Waals surface area contributed by atoms with E-state index in [4.69, 9.17) is 14.2 Å². The molecule has 5 rings (SSSR count). The molecule has 134 valence electrons. The fourth-order valence-corrected chi connectivity index (χ4v) is 4.61. The Morgan fingerprint density at radius 2 is 1.72 bits per heavy atom. The molecule has 2 bridgehead atoms. The first-order valence-electron chi connectivity index (χ1n) is 9.40. The van der Waals surface area contributed by atoms with Crippen molar-refractivity contribution in [3.63, 3.8) is 0 Å². The Balaban J connectivity index is 1.31. The third-order valence-corrected chi connectivity index (χ3v) is 6.86. The number of anilines is 1. The van der Waals surface area contributed by atoms with Gasteiger partial charge in [-0.05, 0) is 52.2 Å². The number of rotatable bonds is 3. The average molecular weight is 341 g/mol. The molecule has 2 saturated heterocycles. The van der Waals surface area contributed by atoms with Gasteiger partial charge < -0.3 is 19.5 Å². The molecule has 1 aromatic rings. The van der Waals surface area contributed by atoms with E-state index < -0.39 is 0 Å². The molecular formula is C21H27NO3. The normalized spacial score (nSPS) is 40.1. The maximum atomic E-state index is 6.18. The maximum Gasteiger partial charge on any atom is 0.185 e. The largest absolute Gasteiger partial charge is 0.382 e. The Kier molecular flexibility index (Phi) is 3.23. The van der Waals surface area contributed by atoms with Crippen molar-refractivity contribution in [1.29, 1.82) is 0 Å². The van der Waals surface area contributed by atoms with E-state index in [-0.39, 0.29) is 17.5 Å². The predicted molar refractivity (Wildman–Crippen MR) is 96.3 cm³/mol. The Morgan fingerprint density at radius 1 is 1.00 bits per heavy atom. The molecule has 1 aromatic carbocycles. The second kappa shape index (κ2) is 5.09. The summed E-state index contributed by atoms with van der Waals surface area (Å²) in [5.74, 6) is 1.33. The lowest BCUT2D eigenvalue weighted by Gasteiger charge is -2.44. The molecule has 1 aliphatic carbocycles. The van der Waals surface area contributed by atoms with E-state index in [9.17, 15) is 0 Å². The first-order chi connectivity index (χ1) is 11.8. The average Bonchev–Trinajstić information content (AvgIpc) is 3.14. The summed E-state index contributed by atoms with van der Waals surface area (Å²) in [7, 11) is 0. The molecule has 4 heteroatoms. The third kappa shape index (κ3) is 2.31. The van der Waals surface area contributed by atoms with Crippen molar-refractivity contribution in [2.75, 3.05) is 5.32 Å². The lowest BCUT2D eigenvalue weighted by Crippen LogP contribution is -2.50. The molecule has 0 spiro atoms. The van der Waals surface area contributed by atoms with Gasteiger partial charge in [0.05, 0.1) is 23.4 Å². The zero-order valence-electron chi connectivity index (χ0n) is 15.4. The Morgan fingerprint density at radius 3 is 2.44 bits per heavy atom. The van der Waals surface area contributed by atoms with Crippen LogP contribution in [0.15, 0.2) is 36.4 Å². The molecule has 1 saturated carbocycles. The highest BCUT2D eigenvalue weighted by Gasteiger charge is 2.56. The molecule has 25 heavy (non-hydrogen) atoms. The monoisotopic (exact) mass is 341 g/mol. The fourth-order valence-electron chi connectivity index (χ4n) is 4.61. The summed E-state index contributed by atoms with van der Waals surface area (Å²) in [6.45, 7) is 8.36. The predicted octanol–water partition coefficient (Wildman–Crippen LogP) is 4.04. The van der Waals surface area contributed by atoms with Crippen LogP contribution in [0.3, 0.4) is 0 Å². The van der Waals surface area contributed by atoms with Crippen molar-refractivity contribution < 1.29 is 14.2 Å². The molecule has 4 aliphatic rings. The van der Waals surface area contributed by atoms with Gasteiger partial charge in [-0.15, -0.1) is 0 Å². The van der Waals surface area contributed by atoms with Crippen LogP contribution >= 0.6 is 0 Å². The fraction of sp³-hybridized carbons (Fsp3) is 0.619. The van der Waals surface area contributed by atoms with Gasteiger partial charge in [0.25, 0.3) is 0 Å². The summed E-state index contributed by atoms with van der Waals surface area (Å²) in [6.07, 6.45) is 6.03. The molecule has 3 heterocycles. The molecule has 0 amide bonds. The lowest BCUT2D eigenvalue weighted by atomic mass is 9.64. The van der Waals surface area contributed by atoms with Crippen molar-refractivity contribution in [2.45, 2.75) is 69.9 Å².